The third-order valence-electron chi connectivity index (χ3n) is 3.57. The van der Waals surface area contributed by atoms with Gasteiger partial charge < -0.3 is 15.1 Å². The molecular formula is C14H25N3O. The van der Waals surface area contributed by atoms with E-state index in [2.05, 4.69) is 10.2 Å². The number of hydrogen-bond donors (Lipinski definition) is 1. The minimum absolute atomic E-state index is 0.0510. The van der Waals surface area contributed by atoms with Gasteiger partial charge in [0.25, 0.3) is 0 Å². The van der Waals surface area contributed by atoms with Gasteiger partial charge in [0.2, 0.25) is 5.91 Å². The lowest BCUT2D eigenvalue weighted by atomic mass is 10.2. The fraction of sp³-hybridized carbons (Fsp3) is 0.786. The Morgan fingerprint density at radius 3 is 2.83 bits per heavy atom. The second-order valence-electron chi connectivity index (χ2n) is 5.86. The van der Waals surface area contributed by atoms with Gasteiger partial charge in [-0.25, -0.2) is 0 Å². The van der Waals surface area contributed by atoms with Crippen LogP contribution < -0.4 is 5.32 Å². The maximum atomic E-state index is 11.7. The molecule has 1 N–H and O–H groups in total. The van der Waals surface area contributed by atoms with Crippen molar-refractivity contribution in [2.24, 2.45) is 5.92 Å². The molecule has 1 aliphatic carbocycles. The van der Waals surface area contributed by atoms with Crippen LogP contribution in [0.2, 0.25) is 0 Å². The average molecular weight is 251 g/mol. The molecule has 0 aromatic rings. The number of nitrogens with zero attached hydrogens (tertiary/aromatic N) is 2. The summed E-state index contributed by atoms with van der Waals surface area (Å²) in [5.41, 5.74) is 0. The summed E-state index contributed by atoms with van der Waals surface area (Å²) in [7, 11) is 3.99. The molecule has 2 rings (SSSR count). The van der Waals surface area contributed by atoms with Gasteiger partial charge in [0.05, 0.1) is 0 Å². The lowest BCUT2D eigenvalue weighted by molar-refractivity contribution is -0.117. The second kappa shape index (κ2) is 6.34. The van der Waals surface area contributed by atoms with Crippen molar-refractivity contribution in [1.82, 2.24) is 15.1 Å². The quantitative estimate of drug-likeness (QED) is 0.706. The van der Waals surface area contributed by atoms with Crippen molar-refractivity contribution in [3.05, 3.63) is 12.2 Å². The molecule has 2 aliphatic rings. The molecule has 0 spiro atoms. The Morgan fingerprint density at radius 1 is 1.39 bits per heavy atom. The fourth-order valence-corrected chi connectivity index (χ4v) is 2.40. The van der Waals surface area contributed by atoms with Crippen molar-refractivity contribution >= 4 is 5.91 Å². The van der Waals surface area contributed by atoms with E-state index in [1.807, 2.05) is 25.1 Å². The highest BCUT2D eigenvalue weighted by molar-refractivity contribution is 5.87. The van der Waals surface area contributed by atoms with E-state index in [9.17, 15) is 4.79 Å². The molecule has 1 amide bonds. The number of amides is 1. The molecule has 0 aromatic carbocycles. The van der Waals surface area contributed by atoms with Gasteiger partial charge in [-0.1, -0.05) is 6.08 Å². The van der Waals surface area contributed by atoms with Crippen molar-refractivity contribution < 1.29 is 4.79 Å². The predicted octanol–water partition coefficient (Wildman–Crippen LogP) is 0.705. The van der Waals surface area contributed by atoms with Crippen molar-refractivity contribution in [2.45, 2.75) is 25.3 Å². The molecule has 4 nitrogen and oxygen atoms in total. The monoisotopic (exact) mass is 251 g/mol. The predicted molar refractivity (Wildman–Crippen MR) is 73.4 cm³/mol. The van der Waals surface area contributed by atoms with Crippen LogP contribution in [-0.2, 0) is 4.79 Å². The largest absolute Gasteiger partial charge is 0.348 e. The maximum absolute atomic E-state index is 11.7. The topological polar surface area (TPSA) is 35.6 Å². The molecule has 1 unspecified atom stereocenters. The lowest BCUT2D eigenvalue weighted by Crippen LogP contribution is -2.36. The molecule has 18 heavy (non-hydrogen) atoms. The van der Waals surface area contributed by atoms with Crippen molar-refractivity contribution in [2.75, 3.05) is 40.3 Å². The van der Waals surface area contributed by atoms with Crippen molar-refractivity contribution in [3.8, 4) is 0 Å². The van der Waals surface area contributed by atoms with E-state index >= 15 is 0 Å². The van der Waals surface area contributed by atoms with Gasteiger partial charge in [-0.3, -0.25) is 4.79 Å². The summed E-state index contributed by atoms with van der Waals surface area (Å²) in [6.07, 6.45) is 7.47. The Morgan fingerprint density at radius 2 is 2.17 bits per heavy atom. The first kappa shape index (κ1) is 13.6. The summed E-state index contributed by atoms with van der Waals surface area (Å²) in [5, 5.41) is 3.09. The number of carbonyl (C=O) groups excluding carboxylic acids is 1. The van der Waals surface area contributed by atoms with Crippen molar-refractivity contribution in [1.29, 1.82) is 0 Å². The van der Waals surface area contributed by atoms with E-state index < -0.39 is 0 Å². The molecule has 0 bridgehead atoms. The molecular weight excluding hydrogens is 226 g/mol. The smallest absolute Gasteiger partial charge is 0.243 e. The first-order chi connectivity index (χ1) is 8.63. The molecule has 0 radical (unpaired) electrons. The van der Waals surface area contributed by atoms with Gasteiger partial charge in [0, 0.05) is 38.3 Å². The third kappa shape index (κ3) is 4.78. The van der Waals surface area contributed by atoms with Crippen LogP contribution in [0.5, 0.6) is 0 Å². The SMILES string of the molecule is CN(C)C/C=C/C(=O)NC1CCN(CC2CC2)C1. The Bertz CT molecular complexity index is 310. The van der Waals surface area contributed by atoms with E-state index in [4.69, 9.17) is 0 Å². The average Bonchev–Trinajstić information content (AvgIpc) is 2.98. The summed E-state index contributed by atoms with van der Waals surface area (Å²) in [6, 6.07) is 0.347. The Labute approximate surface area is 110 Å². The van der Waals surface area contributed by atoms with Gasteiger partial charge in [0.15, 0.2) is 0 Å². The molecule has 0 aromatic heterocycles. The highest BCUT2D eigenvalue weighted by Crippen LogP contribution is 2.30. The van der Waals surface area contributed by atoms with E-state index in [0.29, 0.717) is 6.04 Å². The standard InChI is InChI=1S/C14H25N3O/c1-16(2)8-3-4-14(18)15-13-7-9-17(11-13)10-12-5-6-12/h3-4,12-13H,5-11H2,1-2H3,(H,15,18)/b4-3+. The van der Waals surface area contributed by atoms with Crippen LogP contribution in [0.1, 0.15) is 19.3 Å². The van der Waals surface area contributed by atoms with Crippen LogP contribution in [0.4, 0.5) is 0 Å². The third-order valence-corrected chi connectivity index (χ3v) is 3.57. The number of nitrogens with one attached hydrogen (secondary N) is 1. The number of likely N-dealkylation sites (tertiary alicyclic amines) is 1. The summed E-state index contributed by atoms with van der Waals surface area (Å²) in [4.78, 5) is 16.2. The number of hydrogen-bond acceptors (Lipinski definition) is 3. The van der Waals surface area contributed by atoms with Gasteiger partial charge in [-0.05, 0) is 39.3 Å². The van der Waals surface area contributed by atoms with Crippen LogP contribution in [0.15, 0.2) is 12.2 Å². The van der Waals surface area contributed by atoms with Crippen LogP contribution in [0.25, 0.3) is 0 Å². The zero-order valence-corrected chi connectivity index (χ0v) is 11.6. The molecule has 1 saturated heterocycles. The lowest BCUT2D eigenvalue weighted by Gasteiger charge is -2.15. The molecule has 1 saturated carbocycles. The Hall–Kier alpha value is -0.870. The van der Waals surface area contributed by atoms with Gasteiger partial charge in [0.1, 0.15) is 0 Å². The molecule has 1 atom stereocenters. The summed E-state index contributed by atoms with van der Waals surface area (Å²) in [6.45, 7) is 4.22. The zero-order chi connectivity index (χ0) is 13.0. The second-order valence-corrected chi connectivity index (χ2v) is 5.86. The van der Waals surface area contributed by atoms with Crippen molar-refractivity contribution in [3.63, 3.8) is 0 Å². The van der Waals surface area contributed by atoms with Crippen LogP contribution in [-0.4, -0.2) is 62.0 Å². The summed E-state index contributed by atoms with van der Waals surface area (Å²) < 4.78 is 0. The molecule has 2 fully saturated rings. The van der Waals surface area contributed by atoms with Crippen LogP contribution >= 0.6 is 0 Å². The summed E-state index contributed by atoms with van der Waals surface area (Å²) >= 11 is 0. The highest BCUT2D eigenvalue weighted by Gasteiger charge is 2.29. The minimum atomic E-state index is 0.0510. The van der Waals surface area contributed by atoms with E-state index in [1.54, 1.807) is 6.08 Å². The fourth-order valence-electron chi connectivity index (χ4n) is 2.40. The Balaban J connectivity index is 1.63. The first-order valence-electron chi connectivity index (χ1n) is 6.97. The molecule has 1 aliphatic heterocycles. The van der Waals surface area contributed by atoms with Crippen LogP contribution in [0, 0.1) is 5.92 Å². The molecule has 102 valence electrons. The van der Waals surface area contributed by atoms with Crippen LogP contribution in [0.3, 0.4) is 0 Å². The van der Waals surface area contributed by atoms with E-state index in [1.165, 1.54) is 19.4 Å². The number of rotatable bonds is 6. The number of carbonyl (C=O) groups is 1. The van der Waals surface area contributed by atoms with Gasteiger partial charge in [-0.15, -0.1) is 0 Å². The van der Waals surface area contributed by atoms with E-state index in [-0.39, 0.29) is 5.91 Å². The zero-order valence-electron chi connectivity index (χ0n) is 11.6. The summed E-state index contributed by atoms with van der Waals surface area (Å²) in [5.74, 6) is 0.995. The molecule has 4 heteroatoms. The Kier molecular flexibility index (Phi) is 4.78. The highest BCUT2D eigenvalue weighted by atomic mass is 16.1. The number of likely N-dealkylation sites (N-methyl/N-ethyl adjacent to an activating group) is 1. The molecule has 1 heterocycles. The first-order valence-corrected chi connectivity index (χ1v) is 6.97. The normalized spacial score (nSPS) is 25.2. The van der Waals surface area contributed by atoms with Gasteiger partial charge in [-0.2, -0.15) is 0 Å². The minimum Gasteiger partial charge on any atom is -0.348 e. The maximum Gasteiger partial charge on any atom is 0.243 e. The van der Waals surface area contributed by atoms with Gasteiger partial charge >= 0.3 is 0 Å². The van der Waals surface area contributed by atoms with E-state index in [0.717, 1.165) is 32.0 Å².